The van der Waals surface area contributed by atoms with E-state index in [9.17, 15) is 4.79 Å². The second-order valence-corrected chi connectivity index (χ2v) is 6.89. The number of ether oxygens (including phenoxy) is 1. The fourth-order valence-electron chi connectivity index (χ4n) is 3.08. The summed E-state index contributed by atoms with van der Waals surface area (Å²) in [4.78, 5) is 12.6. The predicted molar refractivity (Wildman–Crippen MR) is 102 cm³/mol. The minimum Gasteiger partial charge on any atom is -0.458 e. The fourth-order valence-corrected chi connectivity index (χ4v) is 3.08. The molecule has 136 valence electrons. The maximum absolute atomic E-state index is 12.6. The normalized spacial score (nSPS) is 12.3. The van der Waals surface area contributed by atoms with E-state index in [1.54, 1.807) is 0 Å². The van der Waals surface area contributed by atoms with Crippen LogP contribution in [0.15, 0.2) is 30.3 Å². The smallest absolute Gasteiger partial charge is 0.309 e. The number of esters is 1. The van der Waals surface area contributed by atoms with Gasteiger partial charge in [0.2, 0.25) is 0 Å². The van der Waals surface area contributed by atoms with Gasteiger partial charge in [0.25, 0.3) is 0 Å². The van der Waals surface area contributed by atoms with Crippen LogP contribution < -0.4 is 0 Å². The van der Waals surface area contributed by atoms with E-state index in [1.165, 1.54) is 38.5 Å². The van der Waals surface area contributed by atoms with Gasteiger partial charge in [-0.2, -0.15) is 0 Å². The van der Waals surface area contributed by atoms with Gasteiger partial charge < -0.3 is 4.74 Å². The van der Waals surface area contributed by atoms with E-state index in [0.717, 1.165) is 31.2 Å². The van der Waals surface area contributed by atoms with Crippen LogP contribution >= 0.6 is 0 Å². The third kappa shape index (κ3) is 8.52. The van der Waals surface area contributed by atoms with Gasteiger partial charge in [-0.1, -0.05) is 95.5 Å². The lowest BCUT2D eigenvalue weighted by molar-refractivity contribution is -0.154. The number of rotatable bonds is 13. The van der Waals surface area contributed by atoms with Gasteiger partial charge in [-0.15, -0.1) is 0 Å². The molecule has 0 fully saturated rings. The molecule has 0 spiro atoms. The van der Waals surface area contributed by atoms with Crippen molar-refractivity contribution in [3.05, 3.63) is 35.9 Å². The van der Waals surface area contributed by atoms with Crippen molar-refractivity contribution in [3.63, 3.8) is 0 Å². The second kappa shape index (κ2) is 13.0. The highest BCUT2D eigenvalue weighted by atomic mass is 16.5. The second-order valence-electron chi connectivity index (χ2n) is 6.89. The van der Waals surface area contributed by atoms with Gasteiger partial charge in [-0.3, -0.25) is 4.79 Å². The molecular weight excluding hydrogens is 296 g/mol. The average molecular weight is 333 g/mol. The zero-order valence-electron chi connectivity index (χ0n) is 15.9. The van der Waals surface area contributed by atoms with Crippen molar-refractivity contribution in [2.45, 2.75) is 91.1 Å². The summed E-state index contributed by atoms with van der Waals surface area (Å²) in [6.07, 6.45) is 11.5. The molecule has 2 heteroatoms. The first-order valence-corrected chi connectivity index (χ1v) is 9.94. The standard InChI is InChI=1S/C22H36O2/c1-4-6-8-11-17-21(18-12-9-7-5-2)22(23)24-19(3)20-15-13-10-14-16-20/h10,13-16,19,21H,4-9,11-12,17-18H2,1-3H3. The van der Waals surface area contributed by atoms with Gasteiger partial charge in [-0.05, 0) is 25.3 Å². The lowest BCUT2D eigenvalue weighted by Gasteiger charge is -2.20. The van der Waals surface area contributed by atoms with Gasteiger partial charge in [0.05, 0.1) is 5.92 Å². The molecule has 1 rings (SSSR count). The van der Waals surface area contributed by atoms with Crippen molar-refractivity contribution >= 4 is 5.97 Å². The van der Waals surface area contributed by atoms with Gasteiger partial charge in [0.1, 0.15) is 6.10 Å². The highest BCUT2D eigenvalue weighted by Crippen LogP contribution is 2.24. The molecule has 0 radical (unpaired) electrons. The first-order valence-electron chi connectivity index (χ1n) is 9.94. The highest BCUT2D eigenvalue weighted by Gasteiger charge is 2.22. The van der Waals surface area contributed by atoms with Crippen molar-refractivity contribution in [1.82, 2.24) is 0 Å². The zero-order valence-corrected chi connectivity index (χ0v) is 15.9. The van der Waals surface area contributed by atoms with E-state index in [-0.39, 0.29) is 18.0 Å². The molecule has 0 aliphatic heterocycles. The van der Waals surface area contributed by atoms with Crippen molar-refractivity contribution in [2.75, 3.05) is 0 Å². The van der Waals surface area contributed by atoms with E-state index in [0.29, 0.717) is 0 Å². The summed E-state index contributed by atoms with van der Waals surface area (Å²) >= 11 is 0. The molecule has 1 unspecified atom stereocenters. The van der Waals surface area contributed by atoms with Gasteiger partial charge >= 0.3 is 5.97 Å². The minimum atomic E-state index is -0.160. The molecule has 1 atom stereocenters. The maximum Gasteiger partial charge on any atom is 0.309 e. The predicted octanol–water partition coefficient (Wildman–Crippen LogP) is 6.85. The molecule has 0 N–H and O–H groups in total. The minimum absolute atomic E-state index is 0.000602. The summed E-state index contributed by atoms with van der Waals surface area (Å²) in [7, 11) is 0. The molecule has 0 aliphatic rings. The van der Waals surface area contributed by atoms with Crippen LogP contribution in [-0.4, -0.2) is 5.97 Å². The third-order valence-electron chi connectivity index (χ3n) is 4.71. The van der Waals surface area contributed by atoms with Crippen molar-refractivity contribution in [2.24, 2.45) is 5.92 Å². The van der Waals surface area contributed by atoms with Crippen LogP contribution in [0.5, 0.6) is 0 Å². The van der Waals surface area contributed by atoms with E-state index in [2.05, 4.69) is 13.8 Å². The summed E-state index contributed by atoms with van der Waals surface area (Å²) in [6, 6.07) is 10.0. The molecule has 0 heterocycles. The molecule has 0 amide bonds. The quantitative estimate of drug-likeness (QED) is 0.292. The van der Waals surface area contributed by atoms with Crippen LogP contribution in [0.2, 0.25) is 0 Å². The molecular formula is C22H36O2. The SMILES string of the molecule is CCCCCCC(CCCCCC)C(=O)OC(C)c1ccccc1. The topological polar surface area (TPSA) is 26.3 Å². The third-order valence-corrected chi connectivity index (χ3v) is 4.71. The molecule has 0 aromatic heterocycles. The lowest BCUT2D eigenvalue weighted by Crippen LogP contribution is -2.20. The summed E-state index contributed by atoms with van der Waals surface area (Å²) in [5.74, 6) is 0.0734. The first-order chi connectivity index (χ1) is 11.7. The number of hydrogen-bond acceptors (Lipinski definition) is 2. The molecule has 0 saturated heterocycles. The Kier molecular flexibility index (Phi) is 11.3. The van der Waals surface area contributed by atoms with E-state index < -0.39 is 0 Å². The highest BCUT2D eigenvalue weighted by molar-refractivity contribution is 5.72. The van der Waals surface area contributed by atoms with Crippen LogP contribution in [0.4, 0.5) is 0 Å². The molecule has 2 nitrogen and oxygen atoms in total. The first kappa shape index (κ1) is 20.7. The Morgan fingerprint density at radius 1 is 0.875 bits per heavy atom. The van der Waals surface area contributed by atoms with Crippen molar-refractivity contribution < 1.29 is 9.53 Å². The van der Waals surface area contributed by atoms with Crippen LogP contribution in [0.25, 0.3) is 0 Å². The van der Waals surface area contributed by atoms with Crippen LogP contribution in [0.3, 0.4) is 0 Å². The monoisotopic (exact) mass is 332 g/mol. The lowest BCUT2D eigenvalue weighted by atomic mass is 9.94. The van der Waals surface area contributed by atoms with E-state index in [1.807, 2.05) is 37.3 Å². The summed E-state index contributed by atoms with van der Waals surface area (Å²) in [5, 5.41) is 0. The zero-order chi connectivity index (χ0) is 17.6. The number of hydrogen-bond donors (Lipinski definition) is 0. The van der Waals surface area contributed by atoms with Crippen LogP contribution in [0, 0.1) is 5.92 Å². The Bertz CT molecular complexity index is 415. The van der Waals surface area contributed by atoms with E-state index in [4.69, 9.17) is 4.74 Å². The van der Waals surface area contributed by atoms with Crippen molar-refractivity contribution in [3.8, 4) is 0 Å². The molecule has 0 saturated carbocycles. The number of benzene rings is 1. The van der Waals surface area contributed by atoms with Crippen molar-refractivity contribution in [1.29, 1.82) is 0 Å². The molecule has 0 bridgehead atoms. The molecule has 0 aliphatic carbocycles. The average Bonchev–Trinajstić information content (AvgIpc) is 2.61. The number of unbranched alkanes of at least 4 members (excludes halogenated alkanes) is 6. The van der Waals surface area contributed by atoms with Gasteiger partial charge in [0, 0.05) is 0 Å². The van der Waals surface area contributed by atoms with Gasteiger partial charge in [0.15, 0.2) is 0 Å². The Morgan fingerprint density at radius 2 is 1.42 bits per heavy atom. The fraction of sp³-hybridized carbons (Fsp3) is 0.682. The van der Waals surface area contributed by atoms with Crippen LogP contribution in [-0.2, 0) is 9.53 Å². The molecule has 24 heavy (non-hydrogen) atoms. The summed E-state index contributed by atoms with van der Waals surface area (Å²) in [5.41, 5.74) is 1.07. The number of carbonyl (C=O) groups excluding carboxylic acids is 1. The Morgan fingerprint density at radius 3 is 1.92 bits per heavy atom. The molecule has 1 aromatic carbocycles. The van der Waals surface area contributed by atoms with Gasteiger partial charge in [-0.25, -0.2) is 0 Å². The Hall–Kier alpha value is -1.31. The molecule has 1 aromatic rings. The Balaban J connectivity index is 2.50. The number of carbonyl (C=O) groups is 1. The summed E-state index contributed by atoms with van der Waals surface area (Å²) in [6.45, 7) is 6.41. The van der Waals surface area contributed by atoms with E-state index >= 15 is 0 Å². The van der Waals surface area contributed by atoms with Crippen LogP contribution in [0.1, 0.15) is 96.6 Å². The summed E-state index contributed by atoms with van der Waals surface area (Å²) < 4.78 is 5.77. The largest absolute Gasteiger partial charge is 0.458 e. The Labute approximate surface area is 149 Å². The maximum atomic E-state index is 12.6.